The molecule has 0 amide bonds. The number of aromatic nitrogens is 3. The van der Waals surface area contributed by atoms with E-state index in [0.29, 0.717) is 42.6 Å². The van der Waals surface area contributed by atoms with E-state index < -0.39 is 11.4 Å². The van der Waals surface area contributed by atoms with Crippen LogP contribution < -0.4 is 20.3 Å². The predicted molar refractivity (Wildman–Crippen MR) is 121 cm³/mol. The maximum atomic E-state index is 14.8. The number of nitrogens with one attached hydrogen (secondary N) is 1. The fourth-order valence-electron chi connectivity index (χ4n) is 5.31. The molecular weight excluding hydrogens is 441 g/mol. The molecule has 0 unspecified atom stereocenters. The van der Waals surface area contributed by atoms with Crippen LogP contribution in [0.4, 0.5) is 4.39 Å². The zero-order valence-corrected chi connectivity index (χ0v) is 18.7. The maximum Gasteiger partial charge on any atom is 0.251 e. The molecule has 0 bridgehead atoms. The lowest BCUT2D eigenvalue weighted by Gasteiger charge is -2.37. The van der Waals surface area contributed by atoms with Gasteiger partial charge in [0.1, 0.15) is 24.6 Å². The highest BCUT2D eigenvalue weighted by atomic mass is 19.1. The van der Waals surface area contributed by atoms with E-state index >= 15 is 0 Å². The first-order valence-electron chi connectivity index (χ1n) is 11.6. The van der Waals surface area contributed by atoms with Gasteiger partial charge in [-0.05, 0) is 32.0 Å². The third-order valence-electron chi connectivity index (χ3n) is 6.97. The number of ether oxygens (including phenoxy) is 2. The van der Waals surface area contributed by atoms with Crippen molar-refractivity contribution >= 4 is 11.0 Å². The standard InChI is InChI=1S/C24H26FN5O4/c25-17-11-28-18-1-2-21(31)30-14-24(32,22(17)23(18)30)13-29-5-3-15(4-6-29)26-10-16-9-19-20(12-27-16)34-8-7-33-19/h1-2,9,11-12,15,26,32H,3-8,10,13-14H2/t24-/m1/s1. The van der Waals surface area contributed by atoms with Gasteiger partial charge in [-0.15, -0.1) is 0 Å². The van der Waals surface area contributed by atoms with Gasteiger partial charge in [0.15, 0.2) is 11.5 Å². The Balaban J connectivity index is 1.09. The van der Waals surface area contributed by atoms with Crippen LogP contribution in [0.25, 0.3) is 11.0 Å². The van der Waals surface area contributed by atoms with E-state index in [4.69, 9.17) is 9.47 Å². The molecule has 2 N–H and O–H groups in total. The first kappa shape index (κ1) is 21.5. The number of hydrogen-bond acceptors (Lipinski definition) is 8. The number of piperidine rings is 1. The topological polar surface area (TPSA) is 102 Å². The van der Waals surface area contributed by atoms with E-state index in [1.165, 1.54) is 10.6 Å². The van der Waals surface area contributed by atoms with Crippen LogP contribution in [0.1, 0.15) is 24.1 Å². The number of likely N-dealkylation sites (tertiary alicyclic amines) is 1. The van der Waals surface area contributed by atoms with Gasteiger partial charge in [0.05, 0.1) is 41.2 Å². The van der Waals surface area contributed by atoms with E-state index in [0.717, 1.165) is 43.6 Å². The summed E-state index contributed by atoms with van der Waals surface area (Å²) in [5.41, 5.74) is 0.273. The van der Waals surface area contributed by atoms with Crippen molar-refractivity contribution in [3.05, 3.63) is 58.0 Å². The number of pyridine rings is 3. The van der Waals surface area contributed by atoms with Crippen LogP contribution in [0, 0.1) is 5.82 Å². The number of fused-ring (bicyclic) bond motifs is 1. The highest BCUT2D eigenvalue weighted by Gasteiger charge is 2.43. The molecule has 0 spiro atoms. The Morgan fingerprint density at radius 3 is 2.76 bits per heavy atom. The van der Waals surface area contributed by atoms with Crippen molar-refractivity contribution in [3.8, 4) is 11.5 Å². The molecule has 1 atom stereocenters. The van der Waals surface area contributed by atoms with Crippen molar-refractivity contribution < 1.29 is 19.0 Å². The number of β-amino-alcohol motifs (C(OH)–C–C–N with tert-alkyl or cyclic N) is 1. The van der Waals surface area contributed by atoms with Crippen LogP contribution in [0.3, 0.4) is 0 Å². The zero-order valence-electron chi connectivity index (χ0n) is 18.7. The average Bonchev–Trinajstić information content (AvgIpc) is 3.17. The van der Waals surface area contributed by atoms with Crippen molar-refractivity contribution in [2.45, 2.75) is 37.6 Å². The van der Waals surface area contributed by atoms with Gasteiger partial charge in [-0.2, -0.15) is 0 Å². The quantitative estimate of drug-likeness (QED) is 0.577. The Bertz CT molecular complexity index is 1310. The molecule has 3 aromatic rings. The summed E-state index contributed by atoms with van der Waals surface area (Å²) in [5.74, 6) is 0.839. The van der Waals surface area contributed by atoms with E-state index in [1.807, 2.05) is 6.07 Å². The zero-order chi connectivity index (χ0) is 23.3. The van der Waals surface area contributed by atoms with Gasteiger partial charge in [0.2, 0.25) is 0 Å². The lowest BCUT2D eigenvalue weighted by molar-refractivity contribution is -0.0159. The van der Waals surface area contributed by atoms with E-state index in [2.05, 4.69) is 20.2 Å². The number of rotatable bonds is 5. The van der Waals surface area contributed by atoms with Crippen LogP contribution in [0.2, 0.25) is 0 Å². The van der Waals surface area contributed by atoms with Crippen molar-refractivity contribution in [3.63, 3.8) is 0 Å². The molecule has 34 heavy (non-hydrogen) atoms. The fraction of sp³-hybridized carbons (Fsp3) is 0.458. The molecule has 0 aromatic carbocycles. The van der Waals surface area contributed by atoms with Gasteiger partial charge in [0.25, 0.3) is 5.56 Å². The molecule has 3 aliphatic heterocycles. The summed E-state index contributed by atoms with van der Waals surface area (Å²) in [5, 5.41) is 15.0. The highest BCUT2D eigenvalue weighted by Crippen LogP contribution is 2.38. The first-order valence-corrected chi connectivity index (χ1v) is 11.6. The summed E-state index contributed by atoms with van der Waals surface area (Å²) in [4.78, 5) is 23.0. The van der Waals surface area contributed by atoms with E-state index in [9.17, 15) is 14.3 Å². The first-order chi connectivity index (χ1) is 16.5. The monoisotopic (exact) mass is 467 g/mol. The fourth-order valence-corrected chi connectivity index (χ4v) is 5.31. The van der Waals surface area contributed by atoms with Crippen molar-refractivity contribution in [1.29, 1.82) is 0 Å². The van der Waals surface area contributed by atoms with Gasteiger partial charge < -0.3 is 24.5 Å². The van der Waals surface area contributed by atoms with Gasteiger partial charge in [-0.1, -0.05) is 0 Å². The van der Waals surface area contributed by atoms with Crippen LogP contribution >= 0.6 is 0 Å². The van der Waals surface area contributed by atoms with Crippen LogP contribution in [0.15, 0.2) is 35.4 Å². The van der Waals surface area contributed by atoms with Crippen molar-refractivity contribution in [2.75, 3.05) is 32.8 Å². The Kier molecular flexibility index (Phi) is 5.23. The van der Waals surface area contributed by atoms with E-state index in [1.54, 1.807) is 12.3 Å². The van der Waals surface area contributed by atoms with Crippen LogP contribution in [-0.4, -0.2) is 63.4 Å². The summed E-state index contributed by atoms with van der Waals surface area (Å²) < 4.78 is 27.4. The molecule has 0 saturated carbocycles. The Hall–Kier alpha value is -3.08. The van der Waals surface area contributed by atoms with E-state index in [-0.39, 0.29) is 24.2 Å². The third-order valence-corrected chi connectivity index (χ3v) is 6.97. The SMILES string of the molecule is O=c1ccc2ncc(F)c3c2n1C[C@]3(O)CN1CCC(NCc2cc3c(cn2)OCCO3)CC1. The predicted octanol–water partition coefficient (Wildman–Crippen LogP) is 1.16. The molecule has 3 aliphatic rings. The minimum atomic E-state index is -1.46. The number of halogens is 1. The number of aliphatic hydroxyl groups is 1. The molecule has 0 radical (unpaired) electrons. The molecule has 1 fully saturated rings. The lowest BCUT2D eigenvalue weighted by Crippen LogP contribution is -2.48. The molecule has 9 nitrogen and oxygen atoms in total. The minimum Gasteiger partial charge on any atom is -0.486 e. The molecule has 1 saturated heterocycles. The van der Waals surface area contributed by atoms with Crippen LogP contribution in [0.5, 0.6) is 11.5 Å². The summed E-state index contributed by atoms with van der Waals surface area (Å²) >= 11 is 0. The molecule has 3 aromatic heterocycles. The smallest absolute Gasteiger partial charge is 0.251 e. The average molecular weight is 468 g/mol. The van der Waals surface area contributed by atoms with Gasteiger partial charge in [0, 0.05) is 31.3 Å². The van der Waals surface area contributed by atoms with Crippen molar-refractivity contribution in [1.82, 2.24) is 24.8 Å². The second kappa shape index (κ2) is 8.30. The summed E-state index contributed by atoms with van der Waals surface area (Å²) in [6, 6.07) is 5.22. The maximum absolute atomic E-state index is 14.8. The molecule has 0 aliphatic carbocycles. The minimum absolute atomic E-state index is 0.0368. The Labute approximate surface area is 195 Å². The van der Waals surface area contributed by atoms with Gasteiger partial charge in [-0.3, -0.25) is 19.7 Å². The van der Waals surface area contributed by atoms with Crippen LogP contribution in [-0.2, 0) is 18.7 Å². The van der Waals surface area contributed by atoms with Gasteiger partial charge >= 0.3 is 0 Å². The summed E-state index contributed by atoms with van der Waals surface area (Å²) in [6.07, 6.45) is 4.61. The number of hydrogen-bond donors (Lipinski definition) is 2. The molecule has 178 valence electrons. The normalized spacial score (nSPS) is 22.4. The van der Waals surface area contributed by atoms with Gasteiger partial charge in [-0.25, -0.2) is 4.39 Å². The molecule has 6 rings (SSSR count). The molecule has 6 heterocycles. The second-order valence-corrected chi connectivity index (χ2v) is 9.25. The molecule has 10 heteroatoms. The molecular formula is C24H26FN5O4. The highest BCUT2D eigenvalue weighted by molar-refractivity contribution is 5.81. The summed E-state index contributed by atoms with van der Waals surface area (Å²) in [6.45, 7) is 3.54. The van der Waals surface area contributed by atoms with Crippen molar-refractivity contribution in [2.24, 2.45) is 0 Å². The summed E-state index contributed by atoms with van der Waals surface area (Å²) in [7, 11) is 0. The third kappa shape index (κ3) is 3.71. The Morgan fingerprint density at radius 2 is 1.94 bits per heavy atom. The number of nitrogens with zero attached hydrogens (tertiary/aromatic N) is 4. The lowest BCUT2D eigenvalue weighted by atomic mass is 9.93. The largest absolute Gasteiger partial charge is 0.486 e. The Morgan fingerprint density at radius 1 is 1.15 bits per heavy atom. The second-order valence-electron chi connectivity index (χ2n) is 9.25.